The van der Waals surface area contributed by atoms with Crippen molar-refractivity contribution in [3.05, 3.63) is 29.8 Å². The van der Waals surface area contributed by atoms with Crippen molar-refractivity contribution in [2.75, 3.05) is 7.11 Å². The standard InChI is InChI=1S/C13H21NO/c1-10(2)7-8-13(14)11-5-4-6-12(9-11)15-3/h4-6,9-10,13H,7-8,14H2,1-3H3. The van der Waals surface area contributed by atoms with Crippen LogP contribution in [-0.2, 0) is 0 Å². The first kappa shape index (κ1) is 12.1. The van der Waals surface area contributed by atoms with Gasteiger partial charge in [0.1, 0.15) is 5.75 Å². The lowest BCUT2D eigenvalue weighted by atomic mass is 9.98. The number of methoxy groups -OCH3 is 1. The molecule has 0 amide bonds. The summed E-state index contributed by atoms with van der Waals surface area (Å²) in [6.07, 6.45) is 2.20. The molecular weight excluding hydrogens is 186 g/mol. The first-order valence-electron chi connectivity index (χ1n) is 5.53. The van der Waals surface area contributed by atoms with E-state index < -0.39 is 0 Å². The average molecular weight is 207 g/mol. The monoisotopic (exact) mass is 207 g/mol. The highest BCUT2D eigenvalue weighted by Crippen LogP contribution is 2.22. The molecule has 0 aromatic heterocycles. The van der Waals surface area contributed by atoms with E-state index >= 15 is 0 Å². The van der Waals surface area contributed by atoms with Crippen molar-refractivity contribution in [1.29, 1.82) is 0 Å². The van der Waals surface area contributed by atoms with E-state index in [2.05, 4.69) is 19.9 Å². The second-order valence-corrected chi connectivity index (χ2v) is 4.35. The Morgan fingerprint density at radius 3 is 2.60 bits per heavy atom. The van der Waals surface area contributed by atoms with Crippen LogP contribution in [0.15, 0.2) is 24.3 Å². The van der Waals surface area contributed by atoms with E-state index in [0.717, 1.165) is 17.7 Å². The van der Waals surface area contributed by atoms with Crippen LogP contribution >= 0.6 is 0 Å². The van der Waals surface area contributed by atoms with Crippen molar-refractivity contribution in [3.63, 3.8) is 0 Å². The molecule has 1 atom stereocenters. The molecule has 0 saturated carbocycles. The molecule has 0 heterocycles. The van der Waals surface area contributed by atoms with E-state index in [1.54, 1.807) is 7.11 Å². The van der Waals surface area contributed by atoms with Crippen LogP contribution < -0.4 is 10.5 Å². The highest BCUT2D eigenvalue weighted by molar-refractivity contribution is 5.30. The van der Waals surface area contributed by atoms with Crippen molar-refractivity contribution in [2.45, 2.75) is 32.7 Å². The van der Waals surface area contributed by atoms with Gasteiger partial charge in [-0.1, -0.05) is 26.0 Å². The van der Waals surface area contributed by atoms with E-state index in [1.807, 2.05) is 18.2 Å². The van der Waals surface area contributed by atoms with Gasteiger partial charge in [0, 0.05) is 6.04 Å². The van der Waals surface area contributed by atoms with Crippen LogP contribution in [0, 0.1) is 5.92 Å². The summed E-state index contributed by atoms with van der Waals surface area (Å²) in [5.74, 6) is 1.59. The van der Waals surface area contributed by atoms with Gasteiger partial charge in [-0.25, -0.2) is 0 Å². The summed E-state index contributed by atoms with van der Waals surface area (Å²) in [5.41, 5.74) is 7.27. The molecular formula is C13H21NO. The quantitative estimate of drug-likeness (QED) is 0.805. The maximum atomic E-state index is 6.11. The zero-order valence-electron chi connectivity index (χ0n) is 9.86. The van der Waals surface area contributed by atoms with E-state index in [4.69, 9.17) is 10.5 Å². The molecule has 0 spiro atoms. The van der Waals surface area contributed by atoms with Crippen molar-refractivity contribution >= 4 is 0 Å². The number of rotatable bonds is 5. The fraction of sp³-hybridized carbons (Fsp3) is 0.538. The smallest absolute Gasteiger partial charge is 0.119 e. The number of ether oxygens (including phenoxy) is 1. The first-order valence-corrected chi connectivity index (χ1v) is 5.53. The molecule has 0 aliphatic rings. The van der Waals surface area contributed by atoms with Crippen molar-refractivity contribution < 1.29 is 4.74 Å². The second kappa shape index (κ2) is 5.76. The van der Waals surface area contributed by atoms with E-state index in [1.165, 1.54) is 6.42 Å². The third kappa shape index (κ3) is 3.92. The van der Waals surface area contributed by atoms with Crippen molar-refractivity contribution in [2.24, 2.45) is 11.7 Å². The Bertz CT molecular complexity index is 296. The summed E-state index contributed by atoms with van der Waals surface area (Å²) in [7, 11) is 1.68. The molecule has 0 aliphatic heterocycles. The highest BCUT2D eigenvalue weighted by atomic mass is 16.5. The highest BCUT2D eigenvalue weighted by Gasteiger charge is 2.07. The van der Waals surface area contributed by atoms with E-state index in [0.29, 0.717) is 5.92 Å². The number of hydrogen-bond donors (Lipinski definition) is 1. The largest absolute Gasteiger partial charge is 0.497 e. The average Bonchev–Trinajstić information content (AvgIpc) is 2.26. The minimum absolute atomic E-state index is 0.127. The van der Waals surface area contributed by atoms with E-state index in [9.17, 15) is 0 Å². The lowest BCUT2D eigenvalue weighted by molar-refractivity contribution is 0.413. The fourth-order valence-electron chi connectivity index (χ4n) is 1.55. The molecule has 0 radical (unpaired) electrons. The molecule has 15 heavy (non-hydrogen) atoms. The maximum Gasteiger partial charge on any atom is 0.119 e. The second-order valence-electron chi connectivity index (χ2n) is 4.35. The van der Waals surface area contributed by atoms with Gasteiger partial charge in [-0.05, 0) is 36.5 Å². The SMILES string of the molecule is COc1cccc(C(N)CCC(C)C)c1. The molecule has 84 valence electrons. The van der Waals surface area contributed by atoms with Gasteiger partial charge in [-0.2, -0.15) is 0 Å². The molecule has 0 saturated heterocycles. The molecule has 1 aromatic carbocycles. The zero-order valence-corrected chi connectivity index (χ0v) is 9.86. The Labute approximate surface area is 92.4 Å². The summed E-state index contributed by atoms with van der Waals surface area (Å²) in [5, 5.41) is 0. The predicted octanol–water partition coefficient (Wildman–Crippen LogP) is 3.13. The van der Waals surface area contributed by atoms with Gasteiger partial charge < -0.3 is 10.5 Å². The van der Waals surface area contributed by atoms with Crippen LogP contribution in [0.3, 0.4) is 0 Å². The third-order valence-corrected chi connectivity index (χ3v) is 2.58. The lowest BCUT2D eigenvalue weighted by Gasteiger charge is -2.14. The van der Waals surface area contributed by atoms with Crippen molar-refractivity contribution in [1.82, 2.24) is 0 Å². The van der Waals surface area contributed by atoms with Gasteiger partial charge in [-0.3, -0.25) is 0 Å². The van der Waals surface area contributed by atoms with E-state index in [-0.39, 0.29) is 6.04 Å². The summed E-state index contributed by atoms with van der Waals surface area (Å²) in [4.78, 5) is 0. The summed E-state index contributed by atoms with van der Waals surface area (Å²) < 4.78 is 5.18. The lowest BCUT2D eigenvalue weighted by Crippen LogP contribution is -2.11. The Kier molecular flexibility index (Phi) is 4.63. The van der Waals surface area contributed by atoms with Gasteiger partial charge in [0.15, 0.2) is 0 Å². The summed E-state index contributed by atoms with van der Waals surface area (Å²) in [6.45, 7) is 4.44. The van der Waals surface area contributed by atoms with Crippen LogP contribution in [0.1, 0.15) is 38.3 Å². The molecule has 0 aliphatic carbocycles. The molecule has 2 N–H and O–H groups in total. The van der Waals surface area contributed by atoms with Gasteiger partial charge in [0.05, 0.1) is 7.11 Å². The van der Waals surface area contributed by atoms with Gasteiger partial charge in [-0.15, -0.1) is 0 Å². The number of hydrogen-bond acceptors (Lipinski definition) is 2. The Balaban J connectivity index is 2.60. The normalized spacial score (nSPS) is 12.9. The maximum absolute atomic E-state index is 6.11. The Morgan fingerprint density at radius 1 is 1.27 bits per heavy atom. The molecule has 1 unspecified atom stereocenters. The fourth-order valence-corrected chi connectivity index (χ4v) is 1.55. The minimum atomic E-state index is 0.127. The Morgan fingerprint density at radius 2 is 2.00 bits per heavy atom. The van der Waals surface area contributed by atoms with Crippen LogP contribution in [-0.4, -0.2) is 7.11 Å². The summed E-state index contributed by atoms with van der Waals surface area (Å²) in [6, 6.07) is 8.14. The van der Waals surface area contributed by atoms with Crippen LogP contribution in [0.2, 0.25) is 0 Å². The molecule has 2 nitrogen and oxygen atoms in total. The molecule has 2 heteroatoms. The molecule has 0 fully saturated rings. The van der Waals surface area contributed by atoms with Gasteiger partial charge >= 0.3 is 0 Å². The summed E-state index contributed by atoms with van der Waals surface area (Å²) >= 11 is 0. The molecule has 1 aromatic rings. The molecule has 0 bridgehead atoms. The van der Waals surface area contributed by atoms with Crippen LogP contribution in [0.5, 0.6) is 5.75 Å². The number of nitrogens with two attached hydrogens (primary N) is 1. The van der Waals surface area contributed by atoms with Crippen LogP contribution in [0.4, 0.5) is 0 Å². The van der Waals surface area contributed by atoms with Gasteiger partial charge in [0.25, 0.3) is 0 Å². The first-order chi connectivity index (χ1) is 7.13. The zero-order chi connectivity index (χ0) is 11.3. The van der Waals surface area contributed by atoms with Crippen molar-refractivity contribution in [3.8, 4) is 5.75 Å². The van der Waals surface area contributed by atoms with Gasteiger partial charge in [0.2, 0.25) is 0 Å². The third-order valence-electron chi connectivity index (χ3n) is 2.58. The topological polar surface area (TPSA) is 35.2 Å². The molecule has 1 rings (SSSR count). The van der Waals surface area contributed by atoms with Crippen LogP contribution in [0.25, 0.3) is 0 Å². The minimum Gasteiger partial charge on any atom is -0.497 e. The predicted molar refractivity (Wildman–Crippen MR) is 64.0 cm³/mol. The Hall–Kier alpha value is -1.02. The number of benzene rings is 1.